The van der Waals surface area contributed by atoms with Gasteiger partial charge in [0, 0.05) is 0 Å². The first-order chi connectivity index (χ1) is 7.72. The van der Waals surface area contributed by atoms with Crippen molar-refractivity contribution in [2.24, 2.45) is 0 Å². The molecule has 0 saturated heterocycles. The Labute approximate surface area is 94.8 Å². The Kier molecular flexibility index (Phi) is 2.70. The second kappa shape index (κ2) is 4.16. The van der Waals surface area contributed by atoms with E-state index in [4.69, 9.17) is 5.26 Å². The molecule has 2 aromatic rings. The lowest BCUT2D eigenvalue weighted by molar-refractivity contribution is 0.458. The zero-order valence-corrected chi connectivity index (χ0v) is 8.75. The van der Waals surface area contributed by atoms with Crippen LogP contribution < -0.4 is 5.32 Å². The van der Waals surface area contributed by atoms with Crippen molar-refractivity contribution >= 4 is 22.2 Å². The molecular formula is C10H6FN3OS. The van der Waals surface area contributed by atoms with Crippen molar-refractivity contribution in [3.8, 4) is 11.9 Å². The van der Waals surface area contributed by atoms with E-state index in [1.165, 1.54) is 12.1 Å². The van der Waals surface area contributed by atoms with Crippen LogP contribution in [0.25, 0.3) is 0 Å². The summed E-state index contributed by atoms with van der Waals surface area (Å²) in [5.74, 6) is -0.773. The summed E-state index contributed by atoms with van der Waals surface area (Å²) in [7, 11) is 0. The van der Waals surface area contributed by atoms with E-state index in [-0.39, 0.29) is 17.1 Å². The predicted octanol–water partition coefficient (Wildman–Crippen LogP) is 2.60. The lowest BCUT2D eigenvalue weighted by Crippen LogP contribution is -1.92. The monoisotopic (exact) mass is 235 g/mol. The van der Waals surface area contributed by atoms with Gasteiger partial charge in [-0.1, -0.05) is 12.1 Å². The van der Waals surface area contributed by atoms with Gasteiger partial charge in [0.25, 0.3) is 0 Å². The normalized spacial score (nSPS) is 9.75. The molecule has 4 nitrogen and oxygen atoms in total. The first-order valence-corrected chi connectivity index (χ1v) is 5.10. The molecule has 0 atom stereocenters. The van der Waals surface area contributed by atoms with Crippen molar-refractivity contribution in [1.82, 2.24) is 4.37 Å². The number of para-hydroxylation sites is 1. The van der Waals surface area contributed by atoms with Crippen LogP contribution in [0.2, 0.25) is 0 Å². The van der Waals surface area contributed by atoms with E-state index in [2.05, 4.69) is 9.69 Å². The summed E-state index contributed by atoms with van der Waals surface area (Å²) in [6, 6.07) is 7.86. The standard InChI is InChI=1S/C10H6FN3OS/c11-7-3-1-2-4-8(7)13-10-6(5-12)9(15)14-16-10/h1-4,13H,(H,14,15). The molecule has 0 aliphatic carbocycles. The smallest absolute Gasteiger partial charge is 0.243 e. The SMILES string of the molecule is N#Cc1c(O)nsc1Nc1ccccc1F. The van der Waals surface area contributed by atoms with Gasteiger partial charge < -0.3 is 10.4 Å². The molecule has 0 saturated carbocycles. The molecule has 80 valence electrons. The zero-order chi connectivity index (χ0) is 11.5. The Morgan fingerprint density at radius 3 is 2.88 bits per heavy atom. The first-order valence-electron chi connectivity index (χ1n) is 4.32. The third kappa shape index (κ3) is 1.81. The minimum Gasteiger partial charge on any atom is -0.492 e. The molecule has 6 heteroatoms. The highest BCUT2D eigenvalue weighted by Crippen LogP contribution is 2.31. The number of rotatable bonds is 2. The lowest BCUT2D eigenvalue weighted by atomic mass is 10.3. The van der Waals surface area contributed by atoms with Crippen molar-refractivity contribution < 1.29 is 9.50 Å². The number of aromatic nitrogens is 1. The molecular weight excluding hydrogens is 229 g/mol. The summed E-state index contributed by atoms with van der Waals surface area (Å²) in [6.07, 6.45) is 0. The number of nitrogens with one attached hydrogen (secondary N) is 1. The third-order valence-corrected chi connectivity index (χ3v) is 2.66. The quantitative estimate of drug-likeness (QED) is 0.839. The molecule has 0 aliphatic heterocycles. The van der Waals surface area contributed by atoms with Crippen LogP contribution in [-0.4, -0.2) is 9.48 Å². The van der Waals surface area contributed by atoms with Gasteiger partial charge in [-0.3, -0.25) is 0 Å². The van der Waals surface area contributed by atoms with Crippen molar-refractivity contribution in [2.75, 3.05) is 5.32 Å². The number of nitrogens with zero attached hydrogens (tertiary/aromatic N) is 2. The van der Waals surface area contributed by atoms with Crippen LogP contribution in [0.4, 0.5) is 15.1 Å². The van der Waals surface area contributed by atoms with Crippen LogP contribution >= 0.6 is 11.5 Å². The van der Waals surface area contributed by atoms with Crippen LogP contribution in [0.15, 0.2) is 24.3 Å². The molecule has 1 aromatic heterocycles. The summed E-state index contributed by atoms with van der Waals surface area (Å²) in [4.78, 5) is 0. The maximum Gasteiger partial charge on any atom is 0.243 e. The predicted molar refractivity (Wildman–Crippen MR) is 58.2 cm³/mol. The number of hydrogen-bond acceptors (Lipinski definition) is 5. The Morgan fingerprint density at radius 2 is 2.19 bits per heavy atom. The van der Waals surface area contributed by atoms with Gasteiger partial charge in [0.05, 0.1) is 5.69 Å². The van der Waals surface area contributed by atoms with Gasteiger partial charge in [-0.2, -0.15) is 9.64 Å². The Balaban J connectivity index is 2.35. The molecule has 0 radical (unpaired) electrons. The fourth-order valence-electron chi connectivity index (χ4n) is 1.15. The highest BCUT2D eigenvalue weighted by Gasteiger charge is 2.13. The number of aromatic hydroxyl groups is 1. The Morgan fingerprint density at radius 1 is 1.44 bits per heavy atom. The van der Waals surface area contributed by atoms with E-state index in [1.807, 2.05) is 0 Å². The topological polar surface area (TPSA) is 68.9 Å². The molecule has 0 unspecified atom stereocenters. The second-order valence-corrected chi connectivity index (χ2v) is 3.70. The molecule has 0 amide bonds. The van der Waals surface area contributed by atoms with Crippen LogP contribution in [0, 0.1) is 17.1 Å². The molecule has 0 spiro atoms. The summed E-state index contributed by atoms with van der Waals surface area (Å²) < 4.78 is 16.9. The van der Waals surface area contributed by atoms with Crippen LogP contribution in [0.3, 0.4) is 0 Å². The number of hydrogen-bond donors (Lipinski definition) is 2. The number of benzene rings is 1. The molecule has 0 aliphatic rings. The average molecular weight is 235 g/mol. The van der Waals surface area contributed by atoms with E-state index < -0.39 is 5.82 Å². The van der Waals surface area contributed by atoms with Crippen LogP contribution in [-0.2, 0) is 0 Å². The van der Waals surface area contributed by atoms with Crippen molar-refractivity contribution in [3.05, 3.63) is 35.6 Å². The van der Waals surface area contributed by atoms with Gasteiger partial charge in [0.2, 0.25) is 5.88 Å². The number of halogens is 1. The van der Waals surface area contributed by atoms with E-state index in [9.17, 15) is 9.50 Å². The van der Waals surface area contributed by atoms with E-state index in [0.717, 1.165) is 11.5 Å². The lowest BCUT2D eigenvalue weighted by Gasteiger charge is -2.03. The molecule has 1 aromatic carbocycles. The summed E-state index contributed by atoms with van der Waals surface area (Å²) in [6.45, 7) is 0. The molecule has 0 bridgehead atoms. The molecule has 1 heterocycles. The van der Waals surface area contributed by atoms with E-state index in [1.54, 1.807) is 18.2 Å². The highest BCUT2D eigenvalue weighted by atomic mass is 32.1. The summed E-state index contributed by atoms with van der Waals surface area (Å²) in [5.41, 5.74) is 0.260. The van der Waals surface area contributed by atoms with Gasteiger partial charge in [-0.25, -0.2) is 4.39 Å². The number of nitriles is 1. The Hall–Kier alpha value is -2.13. The molecule has 2 rings (SSSR count). The molecule has 16 heavy (non-hydrogen) atoms. The molecule has 2 N–H and O–H groups in total. The fourth-order valence-corrected chi connectivity index (χ4v) is 1.81. The van der Waals surface area contributed by atoms with E-state index in [0.29, 0.717) is 5.00 Å². The summed E-state index contributed by atoms with van der Waals surface area (Å²) >= 11 is 0.904. The van der Waals surface area contributed by atoms with Gasteiger partial charge in [-0.05, 0) is 23.7 Å². The van der Waals surface area contributed by atoms with Gasteiger partial charge in [0.15, 0.2) is 5.56 Å². The Bertz CT molecular complexity index is 561. The van der Waals surface area contributed by atoms with Crippen molar-refractivity contribution in [2.45, 2.75) is 0 Å². The fraction of sp³-hybridized carbons (Fsp3) is 0. The zero-order valence-electron chi connectivity index (χ0n) is 7.94. The highest BCUT2D eigenvalue weighted by molar-refractivity contribution is 7.10. The second-order valence-electron chi connectivity index (χ2n) is 2.93. The maximum absolute atomic E-state index is 13.3. The van der Waals surface area contributed by atoms with E-state index >= 15 is 0 Å². The minimum atomic E-state index is -0.431. The van der Waals surface area contributed by atoms with Crippen LogP contribution in [0.1, 0.15) is 5.56 Å². The first kappa shape index (κ1) is 10.4. The molecule has 0 fully saturated rings. The van der Waals surface area contributed by atoms with Gasteiger partial charge >= 0.3 is 0 Å². The van der Waals surface area contributed by atoms with Gasteiger partial charge in [0.1, 0.15) is 16.9 Å². The van der Waals surface area contributed by atoms with Gasteiger partial charge in [-0.15, -0.1) is 0 Å². The average Bonchev–Trinajstić information content (AvgIpc) is 2.63. The number of anilines is 2. The van der Waals surface area contributed by atoms with Crippen molar-refractivity contribution in [3.63, 3.8) is 0 Å². The summed E-state index contributed by atoms with van der Waals surface area (Å²) in [5, 5.41) is 21.0. The van der Waals surface area contributed by atoms with Crippen LogP contribution in [0.5, 0.6) is 5.88 Å². The minimum absolute atomic E-state index is 0.0215. The van der Waals surface area contributed by atoms with Crippen molar-refractivity contribution in [1.29, 1.82) is 5.26 Å². The largest absolute Gasteiger partial charge is 0.492 e. The third-order valence-electron chi connectivity index (χ3n) is 1.91. The maximum atomic E-state index is 13.3.